The molecule has 1 N–H and O–H groups in total. The zero-order chi connectivity index (χ0) is 18.7. The molecule has 0 aliphatic heterocycles. The van der Waals surface area contributed by atoms with Gasteiger partial charge in [-0.25, -0.2) is 10.1 Å². The van der Waals surface area contributed by atoms with Crippen molar-refractivity contribution in [2.24, 2.45) is 5.10 Å². The third-order valence-electron chi connectivity index (χ3n) is 3.58. The third kappa shape index (κ3) is 4.10. The summed E-state index contributed by atoms with van der Waals surface area (Å²) in [4.78, 5) is 12.5. The predicted molar refractivity (Wildman–Crippen MR) is 107 cm³/mol. The van der Waals surface area contributed by atoms with Gasteiger partial charge in [0, 0.05) is 15.6 Å². The van der Waals surface area contributed by atoms with Gasteiger partial charge < -0.3 is 0 Å². The second kappa shape index (κ2) is 8.22. The van der Waals surface area contributed by atoms with E-state index in [2.05, 4.69) is 15.6 Å². The molecular weight excluding hydrogens is 415 g/mol. The van der Waals surface area contributed by atoms with E-state index in [-0.39, 0.29) is 5.91 Å². The molecule has 0 unspecified atom stereocenters. The Morgan fingerprint density at radius 1 is 1.27 bits per heavy atom. The molecule has 1 amide bonds. The van der Waals surface area contributed by atoms with E-state index in [1.807, 2.05) is 5.38 Å². The van der Waals surface area contributed by atoms with Crippen molar-refractivity contribution in [1.29, 1.82) is 0 Å². The summed E-state index contributed by atoms with van der Waals surface area (Å²) in [6.45, 7) is 2.13. The zero-order valence-corrected chi connectivity index (χ0v) is 16.6. The number of hydrazone groups is 1. The fourth-order valence-electron chi connectivity index (χ4n) is 2.27. The molecule has 3 rings (SSSR count). The molecule has 2 heterocycles. The average molecular weight is 428 g/mol. The van der Waals surface area contributed by atoms with Gasteiger partial charge in [-0.2, -0.15) is 10.2 Å². The quantitative estimate of drug-likeness (QED) is 0.459. The van der Waals surface area contributed by atoms with Crippen molar-refractivity contribution < 1.29 is 4.79 Å². The lowest BCUT2D eigenvalue weighted by atomic mass is 10.2. The molecule has 0 saturated carbocycles. The first-order valence-corrected chi connectivity index (χ1v) is 9.51. The highest BCUT2D eigenvalue weighted by molar-refractivity contribution is 7.12. The number of hydrogen-bond acceptors (Lipinski definition) is 4. The highest BCUT2D eigenvalue weighted by Crippen LogP contribution is 2.27. The Hall–Kier alpha value is -1.86. The molecule has 9 heteroatoms. The molecule has 2 aromatic heterocycles. The lowest BCUT2D eigenvalue weighted by Gasteiger charge is -2.08. The van der Waals surface area contributed by atoms with Gasteiger partial charge in [0.1, 0.15) is 5.15 Å². The summed E-state index contributed by atoms with van der Waals surface area (Å²) >= 11 is 20.2. The number of benzene rings is 1. The lowest BCUT2D eigenvalue weighted by molar-refractivity contribution is 0.0959. The maximum Gasteiger partial charge on any atom is 0.281 e. The Bertz CT molecular complexity index is 947. The summed E-state index contributed by atoms with van der Waals surface area (Å²) in [5.41, 5.74) is 4.49. The molecule has 0 radical (unpaired) electrons. The van der Waals surface area contributed by atoms with Gasteiger partial charge in [-0.1, -0.05) is 46.9 Å². The number of hydrogen-bond donors (Lipinski definition) is 1. The minimum atomic E-state index is -0.278. The van der Waals surface area contributed by atoms with Crippen molar-refractivity contribution in [3.05, 3.63) is 72.6 Å². The summed E-state index contributed by atoms with van der Waals surface area (Å²) in [6, 6.07) is 8.82. The number of aryl methyl sites for hydroxylation is 1. The van der Waals surface area contributed by atoms with Crippen LogP contribution >= 0.6 is 46.1 Å². The largest absolute Gasteiger partial charge is 0.281 e. The van der Waals surface area contributed by atoms with Crippen molar-refractivity contribution in [2.45, 2.75) is 13.5 Å². The predicted octanol–water partition coefficient (Wildman–Crippen LogP) is 5.03. The van der Waals surface area contributed by atoms with Crippen LogP contribution in [0.2, 0.25) is 15.2 Å². The number of halogens is 3. The van der Waals surface area contributed by atoms with Crippen LogP contribution < -0.4 is 5.43 Å². The Morgan fingerprint density at radius 2 is 2.00 bits per heavy atom. The van der Waals surface area contributed by atoms with E-state index in [9.17, 15) is 4.79 Å². The van der Waals surface area contributed by atoms with Crippen LogP contribution in [0.5, 0.6) is 0 Å². The maximum atomic E-state index is 11.9. The topological polar surface area (TPSA) is 59.3 Å². The van der Waals surface area contributed by atoms with E-state index < -0.39 is 0 Å². The van der Waals surface area contributed by atoms with Crippen molar-refractivity contribution in [3.8, 4) is 0 Å². The smallest absolute Gasteiger partial charge is 0.266 e. The van der Waals surface area contributed by atoms with E-state index in [0.717, 1.165) is 5.56 Å². The summed E-state index contributed by atoms with van der Waals surface area (Å²) in [6.07, 6.45) is 1.47. The number of carbonyl (C=O) groups is 1. The average Bonchev–Trinajstić information content (AvgIpc) is 3.22. The van der Waals surface area contributed by atoms with Gasteiger partial charge in [0.15, 0.2) is 0 Å². The number of amides is 1. The number of nitrogens with one attached hydrogen (secondary N) is 1. The Labute approximate surface area is 169 Å². The van der Waals surface area contributed by atoms with Crippen molar-refractivity contribution in [3.63, 3.8) is 0 Å². The van der Waals surface area contributed by atoms with Crippen LogP contribution in [-0.4, -0.2) is 21.9 Å². The van der Waals surface area contributed by atoms with Crippen molar-refractivity contribution in [1.82, 2.24) is 15.2 Å². The van der Waals surface area contributed by atoms with Gasteiger partial charge in [0.2, 0.25) is 0 Å². The van der Waals surface area contributed by atoms with Crippen LogP contribution in [-0.2, 0) is 6.54 Å². The summed E-state index contributed by atoms with van der Waals surface area (Å²) < 4.78 is 1.59. The molecule has 5 nitrogen and oxygen atoms in total. The first-order valence-electron chi connectivity index (χ1n) is 7.50. The van der Waals surface area contributed by atoms with Crippen LogP contribution in [0.25, 0.3) is 0 Å². The first-order chi connectivity index (χ1) is 12.5. The fraction of sp³-hybridized carbons (Fsp3) is 0.118. The molecular formula is C17H13Cl3N4OS. The van der Waals surface area contributed by atoms with E-state index in [4.69, 9.17) is 34.8 Å². The molecule has 0 aliphatic rings. The Morgan fingerprint density at radius 3 is 2.65 bits per heavy atom. The standard InChI is InChI=1S/C17H13Cl3N4OS/c1-10-11(8-21-22-17(25)15-6-3-7-26-15)16(20)24(23-10)9-12-13(18)4-2-5-14(12)19/h2-8H,9H2,1H3,(H,22,25). The summed E-state index contributed by atoms with van der Waals surface area (Å²) in [5.74, 6) is -0.278. The monoisotopic (exact) mass is 426 g/mol. The molecule has 3 aromatic rings. The minimum Gasteiger partial charge on any atom is -0.266 e. The molecule has 0 spiro atoms. The second-order valence-corrected chi connectivity index (χ2v) is 7.44. The Balaban J connectivity index is 1.78. The normalized spacial score (nSPS) is 11.2. The number of thiophene rings is 1. The lowest BCUT2D eigenvalue weighted by Crippen LogP contribution is -2.16. The Kier molecular flexibility index (Phi) is 5.98. The van der Waals surface area contributed by atoms with E-state index >= 15 is 0 Å². The summed E-state index contributed by atoms with van der Waals surface area (Å²) in [7, 11) is 0. The third-order valence-corrected chi connectivity index (χ3v) is 5.56. The van der Waals surface area contributed by atoms with Crippen molar-refractivity contribution >= 4 is 58.3 Å². The van der Waals surface area contributed by atoms with E-state index in [1.54, 1.807) is 41.9 Å². The van der Waals surface area contributed by atoms with Gasteiger partial charge >= 0.3 is 0 Å². The van der Waals surface area contributed by atoms with E-state index in [1.165, 1.54) is 17.6 Å². The van der Waals surface area contributed by atoms with Crippen molar-refractivity contribution in [2.75, 3.05) is 0 Å². The minimum absolute atomic E-state index is 0.278. The van der Waals surface area contributed by atoms with Gasteiger partial charge in [-0.15, -0.1) is 11.3 Å². The molecule has 0 saturated heterocycles. The van der Waals surface area contributed by atoms with E-state index in [0.29, 0.717) is 37.9 Å². The van der Waals surface area contributed by atoms with Gasteiger partial charge in [0.25, 0.3) is 5.91 Å². The van der Waals surface area contributed by atoms with Crippen LogP contribution in [0.15, 0.2) is 40.8 Å². The van der Waals surface area contributed by atoms with Crippen LogP contribution in [0.3, 0.4) is 0 Å². The molecule has 0 atom stereocenters. The SMILES string of the molecule is Cc1nn(Cc2c(Cl)cccc2Cl)c(Cl)c1C=NNC(=O)c1cccs1. The number of nitrogens with zero attached hydrogens (tertiary/aromatic N) is 3. The van der Waals surface area contributed by atoms with Crippen LogP contribution in [0.1, 0.15) is 26.5 Å². The highest BCUT2D eigenvalue weighted by Gasteiger charge is 2.15. The molecule has 0 aliphatic carbocycles. The first kappa shape index (κ1) is 18.9. The fourth-order valence-corrected chi connectivity index (χ4v) is 3.68. The van der Waals surface area contributed by atoms with Gasteiger partial charge in [-0.3, -0.25) is 4.79 Å². The van der Waals surface area contributed by atoms with Gasteiger partial charge in [0.05, 0.1) is 28.9 Å². The molecule has 1 aromatic carbocycles. The zero-order valence-electron chi connectivity index (χ0n) is 13.5. The second-order valence-electron chi connectivity index (χ2n) is 5.32. The number of aromatic nitrogens is 2. The van der Waals surface area contributed by atoms with Crippen LogP contribution in [0, 0.1) is 6.92 Å². The molecule has 134 valence electrons. The molecule has 0 fully saturated rings. The summed E-state index contributed by atoms with van der Waals surface area (Å²) in [5, 5.41) is 11.7. The number of rotatable bonds is 5. The molecule has 26 heavy (non-hydrogen) atoms. The molecule has 0 bridgehead atoms. The van der Waals surface area contributed by atoms with Gasteiger partial charge in [-0.05, 0) is 30.5 Å². The highest BCUT2D eigenvalue weighted by atomic mass is 35.5. The maximum absolute atomic E-state index is 11.9. The van der Waals surface area contributed by atoms with Crippen LogP contribution in [0.4, 0.5) is 0 Å². The number of carbonyl (C=O) groups excluding carboxylic acids is 1.